The van der Waals surface area contributed by atoms with Crippen LogP contribution in [-0.4, -0.2) is 55.1 Å². The van der Waals surface area contributed by atoms with Gasteiger partial charge >= 0.3 is 246 Å². The van der Waals surface area contributed by atoms with Gasteiger partial charge in [-0.3, -0.25) is 0 Å². The van der Waals surface area contributed by atoms with Crippen molar-refractivity contribution in [1.29, 1.82) is 0 Å². The standard InChI is InChI=1S/C19H20FN2O4S.3C4H9.Sn/c1-19(2,3)27(23,24)17-11-22-14(10-21-18(22)9-16(17)26-5)12-6-7-15(25-4)13(20)8-12;3*1-3-4-2;/h6,8-11H,1-5H3;3*1,3-4H2,2H3;. The van der Waals surface area contributed by atoms with Crippen LogP contribution in [0, 0.1) is 5.82 Å². The van der Waals surface area contributed by atoms with E-state index in [4.69, 9.17) is 9.47 Å². The third-order valence-corrected chi connectivity index (χ3v) is 26.1. The molecule has 0 radical (unpaired) electrons. The fraction of sp³-hybridized carbons (Fsp3) is 0.581. The van der Waals surface area contributed by atoms with Crippen molar-refractivity contribution in [3.8, 4) is 22.8 Å². The number of methoxy groups -OCH3 is 2. The number of nitrogens with zero attached hydrogens (tertiary/aromatic N) is 2. The molecule has 6 nitrogen and oxygen atoms in total. The van der Waals surface area contributed by atoms with Crippen molar-refractivity contribution in [2.45, 2.75) is 103 Å². The number of fused-ring (bicyclic) bond motifs is 1. The zero-order valence-electron chi connectivity index (χ0n) is 25.6. The molecule has 0 aliphatic rings. The molecule has 9 heteroatoms. The molecule has 0 amide bonds. The van der Waals surface area contributed by atoms with E-state index in [2.05, 4.69) is 31.8 Å². The summed E-state index contributed by atoms with van der Waals surface area (Å²) in [6.45, 7) is 11.7. The molecule has 0 atom stereocenters. The average molecular weight is 682 g/mol. The van der Waals surface area contributed by atoms with Gasteiger partial charge in [0.2, 0.25) is 0 Å². The van der Waals surface area contributed by atoms with Crippen LogP contribution in [0.3, 0.4) is 0 Å². The molecule has 0 aliphatic heterocycles. The Morgan fingerprint density at radius 3 is 1.98 bits per heavy atom. The predicted molar refractivity (Wildman–Crippen MR) is 165 cm³/mol. The van der Waals surface area contributed by atoms with Gasteiger partial charge in [0.1, 0.15) is 0 Å². The van der Waals surface area contributed by atoms with Gasteiger partial charge in [-0.1, -0.05) is 0 Å². The summed E-state index contributed by atoms with van der Waals surface area (Å²) in [6.07, 6.45) is 10.0. The zero-order valence-corrected chi connectivity index (χ0v) is 29.2. The van der Waals surface area contributed by atoms with Crippen molar-refractivity contribution in [2.75, 3.05) is 14.2 Å². The van der Waals surface area contributed by atoms with Crippen LogP contribution < -0.4 is 13.1 Å². The Hall–Kier alpha value is -1.81. The number of pyridine rings is 1. The first-order valence-electron chi connectivity index (χ1n) is 14.6. The van der Waals surface area contributed by atoms with Gasteiger partial charge in [-0.2, -0.15) is 0 Å². The third-order valence-electron chi connectivity index (χ3n) is 8.03. The summed E-state index contributed by atoms with van der Waals surface area (Å²) in [6, 6.07) is 5.28. The molecule has 0 spiro atoms. The van der Waals surface area contributed by atoms with E-state index in [0.717, 1.165) is 42.1 Å². The Balaban J connectivity index is 2.33. The SMILES string of the molecule is CCC[CH2][Sn]([CH2]CCC)([CH2]CCC)[c]1cc(-c2cnc3cc(OC)c(S(=O)(=O)C(C)(C)C)cn23)cc(F)c1OC. The Kier molecular flexibility index (Phi) is 11.0. The summed E-state index contributed by atoms with van der Waals surface area (Å²) in [5.41, 5.74) is 1.87. The molecule has 0 saturated heterocycles. The number of hydrogen-bond acceptors (Lipinski definition) is 5. The number of benzene rings is 1. The molecule has 1 aromatic carbocycles. The second-order valence-corrected chi connectivity index (χ2v) is 27.6. The van der Waals surface area contributed by atoms with Crippen LogP contribution in [0.15, 0.2) is 35.5 Å². The first kappa shape index (κ1) is 32.7. The molecule has 0 bridgehead atoms. The third kappa shape index (κ3) is 6.48. The zero-order chi connectivity index (χ0) is 29.7. The van der Waals surface area contributed by atoms with Crippen molar-refractivity contribution in [3.63, 3.8) is 0 Å². The second-order valence-electron chi connectivity index (χ2n) is 11.8. The van der Waals surface area contributed by atoms with E-state index in [9.17, 15) is 8.42 Å². The number of unbranched alkanes of at least 4 members (excludes halogenated alkanes) is 3. The Bertz CT molecular complexity index is 1390. The van der Waals surface area contributed by atoms with Gasteiger partial charge in [-0.25, -0.2) is 0 Å². The molecule has 3 rings (SSSR count). The van der Waals surface area contributed by atoms with Crippen molar-refractivity contribution in [1.82, 2.24) is 9.38 Å². The average Bonchev–Trinajstić information content (AvgIpc) is 3.34. The fourth-order valence-electron chi connectivity index (χ4n) is 5.56. The summed E-state index contributed by atoms with van der Waals surface area (Å²) in [5.74, 6) is 0.274. The monoisotopic (exact) mass is 682 g/mol. The number of aromatic nitrogens is 2. The first-order valence-corrected chi connectivity index (χ1v) is 23.5. The fourth-order valence-corrected chi connectivity index (χ4v) is 23.5. The van der Waals surface area contributed by atoms with Gasteiger partial charge in [0, 0.05) is 0 Å². The van der Waals surface area contributed by atoms with Crippen molar-refractivity contribution >= 4 is 37.4 Å². The second kappa shape index (κ2) is 13.4. The molecule has 0 N–H and O–H groups in total. The molecule has 3 aromatic rings. The quantitative estimate of drug-likeness (QED) is 0.163. The van der Waals surface area contributed by atoms with E-state index in [1.165, 1.54) is 26.5 Å². The molecule has 40 heavy (non-hydrogen) atoms. The van der Waals surface area contributed by atoms with Gasteiger partial charge in [-0.15, -0.1) is 0 Å². The maximum atomic E-state index is 15.9. The van der Waals surface area contributed by atoms with Crippen LogP contribution in [0.4, 0.5) is 4.39 Å². The topological polar surface area (TPSA) is 69.9 Å². The van der Waals surface area contributed by atoms with Gasteiger partial charge < -0.3 is 0 Å². The summed E-state index contributed by atoms with van der Waals surface area (Å²) in [5, 5.41) is 0. The molecule has 0 fully saturated rings. The minimum absolute atomic E-state index is 0.0887. The maximum absolute atomic E-state index is 15.9. The minimum atomic E-state index is -3.73. The van der Waals surface area contributed by atoms with Gasteiger partial charge in [0.05, 0.1) is 0 Å². The molecule has 0 saturated carbocycles. The molecule has 2 heterocycles. The molecular weight excluding hydrogens is 634 g/mol. The van der Waals surface area contributed by atoms with Crippen molar-refractivity contribution in [3.05, 3.63) is 36.4 Å². The number of ether oxygens (including phenoxy) is 2. The summed E-state index contributed by atoms with van der Waals surface area (Å²) >= 11 is -3.12. The molecule has 222 valence electrons. The van der Waals surface area contributed by atoms with E-state index in [1.54, 1.807) is 50.7 Å². The summed E-state index contributed by atoms with van der Waals surface area (Å²) in [7, 11) is -0.698. The molecule has 2 aromatic heterocycles. The van der Waals surface area contributed by atoms with Gasteiger partial charge in [0.15, 0.2) is 0 Å². The summed E-state index contributed by atoms with van der Waals surface area (Å²) in [4.78, 5) is 4.64. The number of halogens is 1. The van der Waals surface area contributed by atoms with Gasteiger partial charge in [0.25, 0.3) is 0 Å². The predicted octanol–water partition coefficient (Wildman–Crippen LogP) is 7.79. The van der Waals surface area contributed by atoms with Crippen LogP contribution in [0.1, 0.15) is 80.1 Å². The van der Waals surface area contributed by atoms with Crippen LogP contribution in [0.2, 0.25) is 13.3 Å². The Morgan fingerprint density at radius 2 is 1.50 bits per heavy atom. The normalized spacial score (nSPS) is 12.7. The van der Waals surface area contributed by atoms with Crippen molar-refractivity contribution < 1.29 is 22.3 Å². The molecule has 0 aliphatic carbocycles. The number of rotatable bonds is 14. The van der Waals surface area contributed by atoms with E-state index in [-0.39, 0.29) is 16.5 Å². The Labute approximate surface area is 244 Å². The molecule has 0 unspecified atom stereocenters. The van der Waals surface area contributed by atoms with Crippen LogP contribution in [0.5, 0.6) is 11.5 Å². The number of hydrogen-bond donors (Lipinski definition) is 0. The van der Waals surface area contributed by atoms with E-state index in [1.807, 2.05) is 0 Å². The Morgan fingerprint density at radius 1 is 0.925 bits per heavy atom. The van der Waals surface area contributed by atoms with Crippen LogP contribution >= 0.6 is 0 Å². The first-order chi connectivity index (χ1) is 18.9. The number of sulfone groups is 1. The molecular formula is C31H47FN2O4SSn. The van der Waals surface area contributed by atoms with E-state index >= 15 is 4.39 Å². The van der Waals surface area contributed by atoms with Crippen LogP contribution in [-0.2, 0) is 9.84 Å². The van der Waals surface area contributed by atoms with Gasteiger partial charge in [-0.05, 0) is 0 Å². The van der Waals surface area contributed by atoms with Crippen LogP contribution in [0.25, 0.3) is 16.9 Å². The van der Waals surface area contributed by atoms with Crippen molar-refractivity contribution in [2.24, 2.45) is 0 Å². The van der Waals surface area contributed by atoms with E-state index < -0.39 is 33.0 Å². The van der Waals surface area contributed by atoms with E-state index in [0.29, 0.717) is 22.7 Å². The summed E-state index contributed by atoms with van der Waals surface area (Å²) < 4.78 is 59.5. The number of imidazole rings is 1.